The second kappa shape index (κ2) is 8.25. The Hall–Kier alpha value is -3.21. The number of carbonyl (C=O) groups is 1. The summed E-state index contributed by atoms with van der Waals surface area (Å²) >= 11 is 0. The first-order chi connectivity index (χ1) is 12.6. The molecule has 132 valence electrons. The van der Waals surface area contributed by atoms with Crippen LogP contribution in [-0.2, 0) is 6.61 Å². The summed E-state index contributed by atoms with van der Waals surface area (Å²) in [6.45, 7) is 2.08. The van der Waals surface area contributed by atoms with Crippen LogP contribution < -0.4 is 10.1 Å². The van der Waals surface area contributed by atoms with Gasteiger partial charge < -0.3 is 10.1 Å². The van der Waals surface area contributed by atoms with E-state index in [0.717, 1.165) is 5.56 Å². The Bertz CT molecular complexity index is 884. The number of aromatic nitrogens is 1. The zero-order valence-corrected chi connectivity index (χ0v) is 14.4. The van der Waals surface area contributed by atoms with Crippen LogP contribution in [0.3, 0.4) is 0 Å². The molecule has 0 aliphatic carbocycles. The number of carbonyl (C=O) groups excluding carboxylic acids is 1. The molecule has 1 aromatic heterocycles. The van der Waals surface area contributed by atoms with Crippen molar-refractivity contribution in [1.29, 1.82) is 0 Å². The Morgan fingerprint density at radius 3 is 2.54 bits per heavy atom. The van der Waals surface area contributed by atoms with Crippen molar-refractivity contribution in [3.05, 3.63) is 95.6 Å². The average molecular weight is 350 g/mol. The number of ether oxygens (including phenoxy) is 1. The fourth-order valence-electron chi connectivity index (χ4n) is 2.60. The Morgan fingerprint density at radius 1 is 1.08 bits per heavy atom. The summed E-state index contributed by atoms with van der Waals surface area (Å²) in [5.41, 5.74) is 1.80. The molecule has 0 spiro atoms. The standard InChI is InChI=1S/C21H19FN2O2/c1-15(17-6-2-4-8-19(17)22)24-21(25)18-7-3-5-9-20(18)26-14-16-10-12-23-13-11-16/h2-13,15H,14H2,1H3,(H,24,25)/t15-/m1/s1. The second-order valence-electron chi connectivity index (χ2n) is 5.86. The number of nitrogens with zero attached hydrogens (tertiary/aromatic N) is 1. The Balaban J connectivity index is 1.72. The van der Waals surface area contributed by atoms with E-state index in [2.05, 4.69) is 10.3 Å². The first-order valence-electron chi connectivity index (χ1n) is 8.31. The minimum atomic E-state index is -0.461. The van der Waals surface area contributed by atoms with Crippen LogP contribution in [0.15, 0.2) is 73.1 Å². The van der Waals surface area contributed by atoms with Crippen molar-refractivity contribution in [3.8, 4) is 5.75 Å². The van der Waals surface area contributed by atoms with E-state index in [4.69, 9.17) is 4.74 Å². The molecule has 0 radical (unpaired) electrons. The first kappa shape index (κ1) is 17.6. The summed E-state index contributed by atoms with van der Waals surface area (Å²) < 4.78 is 19.7. The van der Waals surface area contributed by atoms with E-state index in [1.807, 2.05) is 12.1 Å². The number of benzene rings is 2. The van der Waals surface area contributed by atoms with Gasteiger partial charge in [0.2, 0.25) is 0 Å². The lowest BCUT2D eigenvalue weighted by Gasteiger charge is -2.17. The van der Waals surface area contributed by atoms with Crippen molar-refractivity contribution in [3.63, 3.8) is 0 Å². The van der Waals surface area contributed by atoms with Gasteiger partial charge in [0.25, 0.3) is 5.91 Å². The number of para-hydroxylation sites is 1. The van der Waals surface area contributed by atoms with Gasteiger partial charge >= 0.3 is 0 Å². The number of rotatable bonds is 6. The van der Waals surface area contributed by atoms with E-state index in [0.29, 0.717) is 23.5 Å². The monoisotopic (exact) mass is 350 g/mol. The number of hydrogen-bond donors (Lipinski definition) is 1. The molecule has 26 heavy (non-hydrogen) atoms. The highest BCUT2D eigenvalue weighted by Crippen LogP contribution is 2.22. The minimum absolute atomic E-state index is 0.314. The number of halogens is 1. The van der Waals surface area contributed by atoms with Gasteiger partial charge in [-0.2, -0.15) is 0 Å². The molecule has 0 aliphatic rings. The molecule has 4 nitrogen and oxygen atoms in total. The third-order valence-corrected chi connectivity index (χ3v) is 3.99. The van der Waals surface area contributed by atoms with Gasteiger partial charge in [0.1, 0.15) is 18.2 Å². The van der Waals surface area contributed by atoms with Gasteiger partial charge in [0, 0.05) is 18.0 Å². The lowest BCUT2D eigenvalue weighted by molar-refractivity contribution is 0.0935. The number of hydrogen-bond acceptors (Lipinski definition) is 3. The molecule has 3 rings (SSSR count). The molecule has 3 aromatic rings. The predicted molar refractivity (Wildman–Crippen MR) is 97.3 cm³/mol. The van der Waals surface area contributed by atoms with Crippen LogP contribution in [0.2, 0.25) is 0 Å². The van der Waals surface area contributed by atoms with Gasteiger partial charge in [0.05, 0.1) is 11.6 Å². The third-order valence-electron chi connectivity index (χ3n) is 3.99. The molecule has 2 aromatic carbocycles. The topological polar surface area (TPSA) is 51.2 Å². The smallest absolute Gasteiger partial charge is 0.255 e. The Labute approximate surface area is 151 Å². The molecule has 0 unspecified atom stereocenters. The molecule has 0 aliphatic heterocycles. The summed E-state index contributed by atoms with van der Waals surface area (Å²) in [4.78, 5) is 16.6. The zero-order valence-electron chi connectivity index (χ0n) is 14.4. The first-order valence-corrected chi connectivity index (χ1v) is 8.31. The van der Waals surface area contributed by atoms with E-state index in [1.165, 1.54) is 6.07 Å². The SMILES string of the molecule is C[C@@H](NC(=O)c1ccccc1OCc1ccncc1)c1ccccc1F. The molecule has 0 fully saturated rings. The summed E-state index contributed by atoms with van der Waals surface area (Å²) in [6.07, 6.45) is 3.38. The van der Waals surface area contributed by atoms with E-state index in [9.17, 15) is 9.18 Å². The van der Waals surface area contributed by atoms with Crippen molar-refractivity contribution in [2.24, 2.45) is 0 Å². The van der Waals surface area contributed by atoms with Crippen LogP contribution in [0, 0.1) is 5.82 Å². The predicted octanol–water partition coefficient (Wildman–Crippen LogP) is 4.29. The Kier molecular flexibility index (Phi) is 5.59. The van der Waals surface area contributed by atoms with Crippen molar-refractivity contribution in [1.82, 2.24) is 10.3 Å². The maximum Gasteiger partial charge on any atom is 0.255 e. The largest absolute Gasteiger partial charge is 0.488 e. The van der Waals surface area contributed by atoms with Gasteiger partial charge in [-0.3, -0.25) is 9.78 Å². The molecule has 1 atom stereocenters. The fourth-order valence-corrected chi connectivity index (χ4v) is 2.60. The molecule has 0 saturated carbocycles. The fraction of sp³-hybridized carbons (Fsp3) is 0.143. The summed E-state index contributed by atoms with van der Waals surface area (Å²) in [5.74, 6) is -0.184. The molecular weight excluding hydrogens is 331 g/mol. The third kappa shape index (κ3) is 4.25. The van der Waals surface area contributed by atoms with Gasteiger partial charge in [-0.05, 0) is 42.8 Å². The Morgan fingerprint density at radius 2 is 1.77 bits per heavy atom. The van der Waals surface area contributed by atoms with Crippen molar-refractivity contribution < 1.29 is 13.9 Å². The van der Waals surface area contributed by atoms with Gasteiger partial charge in [0.15, 0.2) is 0 Å². The highest BCUT2D eigenvalue weighted by atomic mass is 19.1. The summed E-state index contributed by atoms with van der Waals surface area (Å²) in [7, 11) is 0. The minimum Gasteiger partial charge on any atom is -0.488 e. The maximum atomic E-state index is 13.9. The van der Waals surface area contributed by atoms with Crippen molar-refractivity contribution in [2.75, 3.05) is 0 Å². The van der Waals surface area contributed by atoms with Crippen LogP contribution >= 0.6 is 0 Å². The highest BCUT2D eigenvalue weighted by molar-refractivity contribution is 5.97. The summed E-state index contributed by atoms with van der Waals surface area (Å²) in [5, 5.41) is 2.82. The zero-order chi connectivity index (χ0) is 18.4. The molecule has 1 N–H and O–H groups in total. The summed E-state index contributed by atoms with van der Waals surface area (Å²) in [6, 6.07) is 16.6. The van der Waals surface area contributed by atoms with Crippen LogP contribution in [-0.4, -0.2) is 10.9 Å². The molecule has 1 amide bonds. The number of nitrogens with one attached hydrogen (secondary N) is 1. The molecule has 0 bridgehead atoms. The lowest BCUT2D eigenvalue weighted by Crippen LogP contribution is -2.27. The molecule has 5 heteroatoms. The van der Waals surface area contributed by atoms with Crippen LogP contribution in [0.4, 0.5) is 4.39 Å². The van der Waals surface area contributed by atoms with Crippen LogP contribution in [0.25, 0.3) is 0 Å². The van der Waals surface area contributed by atoms with E-state index in [-0.39, 0.29) is 11.7 Å². The highest BCUT2D eigenvalue weighted by Gasteiger charge is 2.17. The van der Waals surface area contributed by atoms with Gasteiger partial charge in [-0.1, -0.05) is 30.3 Å². The molecule has 0 saturated heterocycles. The van der Waals surface area contributed by atoms with Crippen LogP contribution in [0.5, 0.6) is 5.75 Å². The molecule has 1 heterocycles. The number of amides is 1. The maximum absolute atomic E-state index is 13.9. The second-order valence-corrected chi connectivity index (χ2v) is 5.86. The van der Waals surface area contributed by atoms with Crippen molar-refractivity contribution >= 4 is 5.91 Å². The van der Waals surface area contributed by atoms with Gasteiger partial charge in [-0.25, -0.2) is 4.39 Å². The van der Waals surface area contributed by atoms with E-state index >= 15 is 0 Å². The van der Waals surface area contributed by atoms with Crippen molar-refractivity contribution in [2.45, 2.75) is 19.6 Å². The average Bonchev–Trinajstić information content (AvgIpc) is 2.67. The normalized spacial score (nSPS) is 11.6. The van der Waals surface area contributed by atoms with Gasteiger partial charge in [-0.15, -0.1) is 0 Å². The van der Waals surface area contributed by atoms with E-state index in [1.54, 1.807) is 61.8 Å². The lowest BCUT2D eigenvalue weighted by atomic mass is 10.1. The number of pyridine rings is 1. The quantitative estimate of drug-likeness (QED) is 0.721. The van der Waals surface area contributed by atoms with Crippen LogP contribution in [0.1, 0.15) is 34.5 Å². The molecular formula is C21H19FN2O2. The van der Waals surface area contributed by atoms with E-state index < -0.39 is 6.04 Å².